The van der Waals surface area contributed by atoms with Crippen LogP contribution in [-0.4, -0.2) is 10.8 Å². The predicted octanol–water partition coefficient (Wildman–Crippen LogP) is 2.82. The molecule has 0 aromatic heterocycles. The number of hydrogen-bond acceptors (Lipinski definition) is 2. The van der Waals surface area contributed by atoms with Gasteiger partial charge in [-0.05, 0) is 30.7 Å². The van der Waals surface area contributed by atoms with Gasteiger partial charge in [-0.2, -0.15) is 0 Å². The molecule has 0 bridgehead atoms. The quantitative estimate of drug-likeness (QED) is 0.725. The molecule has 0 aliphatic heterocycles. The van der Waals surface area contributed by atoms with Gasteiger partial charge in [-0.3, -0.25) is 4.99 Å². The average molecular weight is 187 g/mol. The largest absolute Gasteiger partial charge is 0.507 e. The van der Waals surface area contributed by atoms with Crippen molar-refractivity contribution in [3.05, 3.63) is 54.8 Å². The van der Waals surface area contributed by atoms with Gasteiger partial charge in [0.15, 0.2) is 0 Å². The van der Waals surface area contributed by atoms with Crippen LogP contribution in [0.4, 0.5) is 0 Å². The lowest BCUT2D eigenvalue weighted by atomic mass is 10.1. The first-order valence-corrected chi connectivity index (χ1v) is 4.30. The zero-order chi connectivity index (χ0) is 10.6. The molecule has 1 aromatic carbocycles. The number of aryl methyl sites for hydroxylation is 1. The second-order valence-corrected chi connectivity index (χ2v) is 2.92. The SMILES string of the molecule is C=CN=C(C=C)c1ccc(C)cc1O. The molecule has 0 atom stereocenters. The van der Waals surface area contributed by atoms with E-state index in [9.17, 15) is 5.11 Å². The van der Waals surface area contributed by atoms with Crippen molar-refractivity contribution in [2.24, 2.45) is 4.99 Å². The van der Waals surface area contributed by atoms with Gasteiger partial charge >= 0.3 is 0 Å². The fourth-order valence-electron chi connectivity index (χ4n) is 1.19. The van der Waals surface area contributed by atoms with Crippen molar-refractivity contribution < 1.29 is 5.11 Å². The van der Waals surface area contributed by atoms with Gasteiger partial charge in [0.2, 0.25) is 0 Å². The van der Waals surface area contributed by atoms with E-state index in [0.29, 0.717) is 11.3 Å². The Kier molecular flexibility index (Phi) is 3.24. The fraction of sp³-hybridized carbons (Fsp3) is 0.0833. The predicted molar refractivity (Wildman–Crippen MR) is 59.8 cm³/mol. The van der Waals surface area contributed by atoms with Crippen LogP contribution in [0.1, 0.15) is 11.1 Å². The van der Waals surface area contributed by atoms with E-state index in [1.807, 2.05) is 19.1 Å². The van der Waals surface area contributed by atoms with Crippen LogP contribution in [0.15, 0.2) is 48.6 Å². The number of aromatic hydroxyl groups is 1. The molecule has 1 rings (SSSR count). The Morgan fingerprint density at radius 3 is 2.64 bits per heavy atom. The summed E-state index contributed by atoms with van der Waals surface area (Å²) in [5, 5.41) is 9.66. The molecule has 0 aliphatic rings. The van der Waals surface area contributed by atoms with Crippen LogP contribution in [0.5, 0.6) is 5.75 Å². The fourth-order valence-corrected chi connectivity index (χ4v) is 1.19. The van der Waals surface area contributed by atoms with Crippen molar-refractivity contribution in [1.29, 1.82) is 0 Å². The van der Waals surface area contributed by atoms with Crippen molar-refractivity contribution in [3.8, 4) is 5.75 Å². The topological polar surface area (TPSA) is 32.6 Å². The maximum atomic E-state index is 9.66. The lowest BCUT2D eigenvalue weighted by molar-refractivity contribution is 0.474. The highest BCUT2D eigenvalue weighted by atomic mass is 16.3. The van der Waals surface area contributed by atoms with Gasteiger partial charge in [-0.25, -0.2) is 0 Å². The molecule has 2 nitrogen and oxygen atoms in total. The minimum Gasteiger partial charge on any atom is -0.507 e. The second kappa shape index (κ2) is 4.42. The number of hydrogen-bond donors (Lipinski definition) is 1. The number of allylic oxidation sites excluding steroid dienone is 1. The first-order chi connectivity index (χ1) is 6.69. The minimum atomic E-state index is 0.213. The van der Waals surface area contributed by atoms with E-state index in [0.717, 1.165) is 5.56 Å². The van der Waals surface area contributed by atoms with E-state index < -0.39 is 0 Å². The van der Waals surface area contributed by atoms with Crippen LogP contribution in [0.3, 0.4) is 0 Å². The lowest BCUT2D eigenvalue weighted by Gasteiger charge is -2.04. The summed E-state index contributed by atoms with van der Waals surface area (Å²) in [5.41, 5.74) is 2.30. The molecule has 2 heteroatoms. The molecule has 0 spiro atoms. The van der Waals surface area contributed by atoms with Crippen LogP contribution in [-0.2, 0) is 0 Å². The summed E-state index contributed by atoms with van der Waals surface area (Å²) in [6.07, 6.45) is 3.02. The monoisotopic (exact) mass is 187 g/mol. The standard InChI is InChI=1S/C12H13NO/c1-4-11(13-5-2)10-7-6-9(3)8-12(10)14/h4-8,14H,1-2H2,3H3. The molecular weight excluding hydrogens is 174 g/mol. The molecule has 0 aliphatic carbocycles. The molecule has 72 valence electrons. The van der Waals surface area contributed by atoms with Gasteiger partial charge in [0, 0.05) is 11.8 Å². The third-order valence-electron chi connectivity index (χ3n) is 1.85. The van der Waals surface area contributed by atoms with Crippen LogP contribution in [0, 0.1) is 6.92 Å². The Bertz CT molecular complexity index is 391. The number of aliphatic imine (C=N–C) groups is 1. The van der Waals surface area contributed by atoms with Gasteiger partial charge in [0.25, 0.3) is 0 Å². The van der Waals surface area contributed by atoms with E-state index in [2.05, 4.69) is 18.2 Å². The van der Waals surface area contributed by atoms with E-state index in [-0.39, 0.29) is 5.75 Å². The van der Waals surface area contributed by atoms with Crippen LogP contribution >= 0.6 is 0 Å². The van der Waals surface area contributed by atoms with Gasteiger partial charge in [-0.1, -0.05) is 19.2 Å². The number of phenolic OH excluding ortho intramolecular Hbond substituents is 1. The van der Waals surface area contributed by atoms with Gasteiger partial charge in [0.1, 0.15) is 5.75 Å². The molecule has 0 radical (unpaired) electrons. The van der Waals surface area contributed by atoms with Crippen LogP contribution < -0.4 is 0 Å². The van der Waals surface area contributed by atoms with Crippen LogP contribution in [0.2, 0.25) is 0 Å². The maximum Gasteiger partial charge on any atom is 0.125 e. The van der Waals surface area contributed by atoms with E-state index in [1.54, 1.807) is 12.1 Å². The van der Waals surface area contributed by atoms with Gasteiger partial charge in [0.05, 0.1) is 5.71 Å². The molecule has 0 amide bonds. The highest BCUT2D eigenvalue weighted by Gasteiger charge is 2.04. The summed E-state index contributed by atoms with van der Waals surface area (Å²) in [7, 11) is 0. The Morgan fingerprint density at radius 2 is 2.14 bits per heavy atom. The molecule has 0 saturated heterocycles. The van der Waals surface area contributed by atoms with E-state index in [4.69, 9.17) is 0 Å². The van der Waals surface area contributed by atoms with Gasteiger partial charge < -0.3 is 5.11 Å². The molecule has 14 heavy (non-hydrogen) atoms. The Morgan fingerprint density at radius 1 is 1.43 bits per heavy atom. The first-order valence-electron chi connectivity index (χ1n) is 4.30. The molecular formula is C12H13NO. The highest BCUT2D eigenvalue weighted by Crippen LogP contribution is 2.19. The van der Waals surface area contributed by atoms with Crippen LogP contribution in [0.25, 0.3) is 0 Å². The normalized spacial score (nSPS) is 11.1. The van der Waals surface area contributed by atoms with E-state index >= 15 is 0 Å². The zero-order valence-electron chi connectivity index (χ0n) is 8.20. The van der Waals surface area contributed by atoms with Crippen molar-refractivity contribution in [2.75, 3.05) is 0 Å². The van der Waals surface area contributed by atoms with Crippen molar-refractivity contribution in [2.45, 2.75) is 6.92 Å². The summed E-state index contributed by atoms with van der Waals surface area (Å²) >= 11 is 0. The highest BCUT2D eigenvalue weighted by molar-refractivity contribution is 6.10. The number of rotatable bonds is 3. The first kappa shape index (κ1) is 10.3. The summed E-state index contributed by atoms with van der Waals surface area (Å²) in [5.74, 6) is 0.213. The number of benzene rings is 1. The summed E-state index contributed by atoms with van der Waals surface area (Å²) in [6.45, 7) is 9.05. The Hall–Kier alpha value is -1.83. The third kappa shape index (κ3) is 2.10. The summed E-state index contributed by atoms with van der Waals surface area (Å²) < 4.78 is 0. The van der Waals surface area contributed by atoms with Gasteiger partial charge in [-0.15, -0.1) is 0 Å². The Labute approximate surface area is 83.9 Å². The maximum absolute atomic E-state index is 9.66. The Balaban J connectivity index is 3.24. The third-order valence-corrected chi connectivity index (χ3v) is 1.85. The molecule has 1 aromatic rings. The average Bonchev–Trinajstić information content (AvgIpc) is 2.15. The molecule has 0 unspecified atom stereocenters. The molecule has 0 heterocycles. The lowest BCUT2D eigenvalue weighted by Crippen LogP contribution is -1.96. The van der Waals surface area contributed by atoms with Crippen molar-refractivity contribution >= 4 is 5.71 Å². The number of nitrogens with zero attached hydrogens (tertiary/aromatic N) is 1. The summed E-state index contributed by atoms with van der Waals surface area (Å²) in [6, 6.07) is 5.42. The van der Waals surface area contributed by atoms with E-state index in [1.165, 1.54) is 6.20 Å². The van der Waals surface area contributed by atoms with Crippen molar-refractivity contribution in [1.82, 2.24) is 0 Å². The molecule has 0 saturated carbocycles. The molecule has 1 N–H and O–H groups in total. The second-order valence-electron chi connectivity index (χ2n) is 2.92. The zero-order valence-corrected chi connectivity index (χ0v) is 8.20. The number of phenols is 1. The minimum absolute atomic E-state index is 0.213. The smallest absolute Gasteiger partial charge is 0.125 e. The summed E-state index contributed by atoms with van der Waals surface area (Å²) in [4.78, 5) is 4.01. The molecule has 0 fully saturated rings. The van der Waals surface area contributed by atoms with Crippen molar-refractivity contribution in [3.63, 3.8) is 0 Å².